The molecule has 1 aromatic heterocycles. The van der Waals surface area contributed by atoms with Crippen LogP contribution < -0.4 is 20.1 Å². The first-order valence-electron chi connectivity index (χ1n) is 12.0. The van der Waals surface area contributed by atoms with Gasteiger partial charge in [0.15, 0.2) is 0 Å². The van der Waals surface area contributed by atoms with Gasteiger partial charge in [-0.1, -0.05) is 25.1 Å². The number of hydrogen-bond donors (Lipinski definition) is 3. The smallest absolute Gasteiger partial charge is 0.319 e. The summed E-state index contributed by atoms with van der Waals surface area (Å²) in [7, 11) is 2.14. The lowest BCUT2D eigenvalue weighted by Gasteiger charge is -2.32. The predicted octanol–water partition coefficient (Wildman–Crippen LogP) is 3.90. The van der Waals surface area contributed by atoms with Crippen molar-refractivity contribution in [1.82, 2.24) is 20.1 Å². The first kappa shape index (κ1) is 23.9. The number of carbonyl (C=O) groups is 1. The maximum atomic E-state index is 12.5. The number of benzene rings is 2. The molecule has 2 heterocycles. The van der Waals surface area contributed by atoms with E-state index in [1.165, 1.54) is 0 Å². The molecule has 0 radical (unpaired) electrons. The number of para-hydroxylation sites is 1. The molecule has 8 nitrogen and oxygen atoms in total. The summed E-state index contributed by atoms with van der Waals surface area (Å²) >= 11 is 0. The van der Waals surface area contributed by atoms with Gasteiger partial charge in [0.1, 0.15) is 18.1 Å². The van der Waals surface area contributed by atoms with Gasteiger partial charge in [0.2, 0.25) is 0 Å². The zero-order valence-electron chi connectivity index (χ0n) is 20.1. The molecule has 34 heavy (non-hydrogen) atoms. The van der Waals surface area contributed by atoms with Crippen molar-refractivity contribution in [3.05, 3.63) is 54.2 Å². The minimum Gasteiger partial charge on any atom is -0.493 e. The molecule has 8 heteroatoms. The average Bonchev–Trinajstić information content (AvgIpc) is 3.26. The van der Waals surface area contributed by atoms with Gasteiger partial charge in [-0.15, -0.1) is 0 Å². The number of carbonyl (C=O) groups excluding carboxylic acids is 1. The Labute approximate surface area is 201 Å². The van der Waals surface area contributed by atoms with Crippen LogP contribution in [0.25, 0.3) is 10.9 Å². The second-order valence-electron chi connectivity index (χ2n) is 8.74. The number of nitrogens with zero attached hydrogens (tertiary/aromatic N) is 2. The van der Waals surface area contributed by atoms with Gasteiger partial charge in [0, 0.05) is 68.7 Å². The van der Waals surface area contributed by atoms with E-state index in [2.05, 4.69) is 51.5 Å². The van der Waals surface area contributed by atoms with E-state index in [9.17, 15) is 4.79 Å². The van der Waals surface area contributed by atoms with E-state index in [-0.39, 0.29) is 6.03 Å². The highest BCUT2D eigenvalue weighted by Crippen LogP contribution is 2.27. The Morgan fingerprint density at radius 1 is 1.03 bits per heavy atom. The largest absolute Gasteiger partial charge is 0.493 e. The minimum absolute atomic E-state index is 0.233. The number of urea groups is 1. The lowest BCUT2D eigenvalue weighted by molar-refractivity contribution is 0.155. The van der Waals surface area contributed by atoms with Gasteiger partial charge < -0.3 is 30.0 Å². The number of aromatic amines is 1. The van der Waals surface area contributed by atoms with Crippen LogP contribution in [0.2, 0.25) is 0 Å². The molecule has 1 fully saturated rings. The maximum absolute atomic E-state index is 12.5. The first-order valence-corrected chi connectivity index (χ1v) is 12.0. The average molecular weight is 466 g/mol. The zero-order chi connectivity index (χ0) is 23.8. The van der Waals surface area contributed by atoms with Crippen molar-refractivity contribution in [2.75, 3.05) is 58.2 Å². The normalized spacial score (nSPS) is 14.8. The van der Waals surface area contributed by atoms with Crippen molar-refractivity contribution in [2.24, 2.45) is 0 Å². The molecule has 0 spiro atoms. The van der Waals surface area contributed by atoms with Crippen molar-refractivity contribution < 1.29 is 14.3 Å². The van der Waals surface area contributed by atoms with Gasteiger partial charge in [-0.3, -0.25) is 4.90 Å². The monoisotopic (exact) mass is 465 g/mol. The van der Waals surface area contributed by atoms with Crippen LogP contribution in [-0.2, 0) is 6.61 Å². The summed E-state index contributed by atoms with van der Waals surface area (Å²) in [5.41, 5.74) is 2.70. The summed E-state index contributed by atoms with van der Waals surface area (Å²) in [4.78, 5) is 20.5. The summed E-state index contributed by atoms with van der Waals surface area (Å²) in [6, 6.07) is 15.5. The summed E-state index contributed by atoms with van der Waals surface area (Å²) in [5, 5.41) is 7.02. The van der Waals surface area contributed by atoms with E-state index in [1.54, 1.807) is 0 Å². The number of hydrogen-bond acceptors (Lipinski definition) is 5. The van der Waals surface area contributed by atoms with Crippen molar-refractivity contribution in [3.63, 3.8) is 0 Å². The number of fused-ring (bicyclic) bond motifs is 1. The Balaban J connectivity index is 1.33. The Hall–Kier alpha value is -3.23. The van der Waals surface area contributed by atoms with E-state index in [4.69, 9.17) is 9.47 Å². The molecule has 182 valence electrons. The number of likely N-dealkylation sites (N-methyl/N-ethyl adjacent to an activating group) is 1. The number of ether oxygens (including phenoxy) is 2. The third-order valence-corrected chi connectivity index (χ3v) is 5.90. The van der Waals surface area contributed by atoms with Crippen LogP contribution in [0.4, 0.5) is 10.5 Å². The highest BCUT2D eigenvalue weighted by molar-refractivity contribution is 5.89. The standard InChI is InChI=1S/C26H35N5O3/c1-3-14-33-23-16-21(29-26(32)27-8-9-31-12-10-30(2)11-13-31)17-24(18-23)34-19-22-15-20-6-4-5-7-25(20)28-22/h4-7,15-18,28H,3,8-14,19H2,1-2H3,(H2,27,29,32). The third-order valence-electron chi connectivity index (χ3n) is 5.90. The van der Waals surface area contributed by atoms with E-state index >= 15 is 0 Å². The number of anilines is 1. The number of H-pyrrole nitrogens is 1. The molecule has 0 atom stereocenters. The predicted molar refractivity (Wildman–Crippen MR) is 136 cm³/mol. The van der Waals surface area contributed by atoms with Crippen LogP contribution in [0.15, 0.2) is 48.5 Å². The molecule has 1 saturated heterocycles. The fourth-order valence-electron chi connectivity index (χ4n) is 3.98. The number of amides is 2. The topological polar surface area (TPSA) is 81.9 Å². The highest BCUT2D eigenvalue weighted by Gasteiger charge is 2.14. The molecule has 4 rings (SSSR count). The molecule has 3 N–H and O–H groups in total. The van der Waals surface area contributed by atoms with Gasteiger partial charge >= 0.3 is 6.03 Å². The van der Waals surface area contributed by atoms with Crippen LogP contribution in [0, 0.1) is 0 Å². The molecule has 0 bridgehead atoms. The summed E-state index contributed by atoms with van der Waals surface area (Å²) < 4.78 is 11.9. The number of nitrogens with one attached hydrogen (secondary N) is 3. The third kappa shape index (κ3) is 6.88. The molecular formula is C26H35N5O3. The Kier molecular flexibility index (Phi) is 8.27. The second kappa shape index (κ2) is 11.8. The van der Waals surface area contributed by atoms with Crippen LogP contribution in [-0.4, -0.2) is 73.7 Å². The van der Waals surface area contributed by atoms with Crippen LogP contribution in [0.3, 0.4) is 0 Å². The number of rotatable bonds is 10. The maximum Gasteiger partial charge on any atom is 0.319 e. The molecule has 3 aromatic rings. The zero-order valence-corrected chi connectivity index (χ0v) is 20.1. The summed E-state index contributed by atoms with van der Waals surface area (Å²) in [6.07, 6.45) is 0.899. The molecule has 0 aliphatic carbocycles. The van der Waals surface area contributed by atoms with E-state index in [1.807, 2.05) is 36.4 Å². The molecule has 0 unspecified atom stereocenters. The Bertz CT molecular complexity index is 1040. The Morgan fingerprint density at radius 2 is 1.79 bits per heavy atom. The lowest BCUT2D eigenvalue weighted by Crippen LogP contribution is -2.47. The first-order chi connectivity index (χ1) is 16.6. The molecule has 1 aliphatic rings. The Morgan fingerprint density at radius 3 is 2.56 bits per heavy atom. The van der Waals surface area contributed by atoms with Crippen LogP contribution in [0.5, 0.6) is 11.5 Å². The van der Waals surface area contributed by atoms with Gasteiger partial charge in [0.05, 0.1) is 12.3 Å². The molecule has 2 aromatic carbocycles. The molecule has 1 aliphatic heterocycles. The van der Waals surface area contributed by atoms with Crippen molar-refractivity contribution in [1.29, 1.82) is 0 Å². The summed E-state index contributed by atoms with van der Waals surface area (Å²) in [6.45, 7) is 8.70. The van der Waals surface area contributed by atoms with E-state index in [0.29, 0.717) is 36.9 Å². The minimum atomic E-state index is -0.233. The van der Waals surface area contributed by atoms with Crippen molar-refractivity contribution >= 4 is 22.6 Å². The highest BCUT2D eigenvalue weighted by atomic mass is 16.5. The van der Waals surface area contributed by atoms with Crippen LogP contribution in [0.1, 0.15) is 19.0 Å². The molecule has 0 saturated carbocycles. The lowest BCUT2D eigenvalue weighted by atomic mass is 10.2. The van der Waals surface area contributed by atoms with Crippen molar-refractivity contribution in [3.8, 4) is 11.5 Å². The number of aromatic nitrogens is 1. The van der Waals surface area contributed by atoms with E-state index < -0.39 is 0 Å². The van der Waals surface area contributed by atoms with E-state index in [0.717, 1.165) is 55.7 Å². The van der Waals surface area contributed by atoms with Crippen molar-refractivity contribution in [2.45, 2.75) is 20.0 Å². The fraction of sp³-hybridized carbons (Fsp3) is 0.423. The van der Waals surface area contributed by atoms with Gasteiger partial charge in [-0.25, -0.2) is 4.79 Å². The SMILES string of the molecule is CCCOc1cc(NC(=O)NCCN2CCN(C)CC2)cc(OCc2cc3ccccc3[nH]2)c1. The number of piperazine rings is 1. The molecule has 2 amide bonds. The quantitative estimate of drug-likeness (QED) is 0.423. The summed E-state index contributed by atoms with van der Waals surface area (Å²) in [5.74, 6) is 1.31. The second-order valence-corrected chi connectivity index (χ2v) is 8.74. The van der Waals surface area contributed by atoms with Gasteiger partial charge in [0.25, 0.3) is 0 Å². The molecular weight excluding hydrogens is 430 g/mol. The van der Waals surface area contributed by atoms with Crippen LogP contribution >= 0.6 is 0 Å². The van der Waals surface area contributed by atoms with Gasteiger partial charge in [-0.05, 0) is 31.0 Å². The van der Waals surface area contributed by atoms with Gasteiger partial charge in [-0.2, -0.15) is 0 Å². The fourth-order valence-corrected chi connectivity index (χ4v) is 3.98.